The van der Waals surface area contributed by atoms with Crippen LogP contribution in [0.25, 0.3) is 11.0 Å². The molecule has 0 unspecified atom stereocenters. The molecule has 1 atom stereocenters. The van der Waals surface area contributed by atoms with Crippen molar-refractivity contribution in [3.8, 4) is 0 Å². The van der Waals surface area contributed by atoms with Crippen molar-refractivity contribution in [1.29, 1.82) is 0 Å². The number of amides is 1. The maximum Gasteiger partial charge on any atom is 0.339 e. The predicted molar refractivity (Wildman–Crippen MR) is 119 cm³/mol. The number of nitrogens with zero attached hydrogens (tertiary/aromatic N) is 3. The van der Waals surface area contributed by atoms with Crippen molar-refractivity contribution in [1.82, 2.24) is 14.5 Å². The van der Waals surface area contributed by atoms with Gasteiger partial charge >= 0.3 is 5.97 Å². The van der Waals surface area contributed by atoms with Gasteiger partial charge in [0.2, 0.25) is 6.10 Å². The lowest BCUT2D eigenvalue weighted by atomic mass is 10.1. The number of carbonyl (C=O) groups excluding carboxylic acids is 2. The van der Waals surface area contributed by atoms with Crippen molar-refractivity contribution >= 4 is 22.9 Å². The van der Waals surface area contributed by atoms with Gasteiger partial charge in [0.25, 0.3) is 11.5 Å². The van der Waals surface area contributed by atoms with Crippen molar-refractivity contribution in [3.63, 3.8) is 0 Å². The van der Waals surface area contributed by atoms with E-state index in [9.17, 15) is 14.4 Å². The molecule has 3 aromatic rings. The molecule has 0 aliphatic carbocycles. The molecule has 0 saturated carbocycles. The lowest BCUT2D eigenvalue weighted by Gasteiger charge is -2.25. The number of esters is 1. The number of ether oxygens (including phenoxy) is 1. The van der Waals surface area contributed by atoms with Gasteiger partial charge in [-0.15, -0.1) is 0 Å². The molecule has 1 amide bonds. The number of benzene rings is 2. The van der Waals surface area contributed by atoms with E-state index in [4.69, 9.17) is 4.74 Å². The fraction of sp³-hybridized carbons (Fsp3) is 0.333. The summed E-state index contributed by atoms with van der Waals surface area (Å²) in [6.07, 6.45) is -1.04. The van der Waals surface area contributed by atoms with Gasteiger partial charge in [-0.05, 0) is 45.9 Å². The topological polar surface area (TPSA) is 81.5 Å². The maximum absolute atomic E-state index is 13.0. The van der Waals surface area contributed by atoms with Gasteiger partial charge in [-0.2, -0.15) is 0 Å². The van der Waals surface area contributed by atoms with Crippen LogP contribution in [0, 0.1) is 6.92 Å². The molecule has 3 rings (SSSR count). The van der Waals surface area contributed by atoms with Crippen LogP contribution in [0.1, 0.15) is 48.5 Å². The van der Waals surface area contributed by atoms with E-state index in [0.717, 1.165) is 0 Å². The van der Waals surface area contributed by atoms with Crippen molar-refractivity contribution in [2.24, 2.45) is 0 Å². The molecular formula is C24H27N3O4. The van der Waals surface area contributed by atoms with Crippen LogP contribution in [0.3, 0.4) is 0 Å². The second-order valence-corrected chi connectivity index (χ2v) is 7.16. The average Bonchev–Trinajstić information content (AvgIpc) is 2.79. The Morgan fingerprint density at radius 3 is 2.35 bits per heavy atom. The Hall–Kier alpha value is -3.48. The normalized spacial score (nSPS) is 11.9. The van der Waals surface area contributed by atoms with Crippen LogP contribution in [0.4, 0.5) is 0 Å². The van der Waals surface area contributed by atoms with Gasteiger partial charge in [0, 0.05) is 25.2 Å². The first kappa shape index (κ1) is 22.2. The molecule has 1 heterocycles. The Labute approximate surface area is 181 Å². The summed E-state index contributed by atoms with van der Waals surface area (Å²) in [4.78, 5) is 44.3. The van der Waals surface area contributed by atoms with Crippen molar-refractivity contribution in [2.75, 3.05) is 13.1 Å². The zero-order valence-corrected chi connectivity index (χ0v) is 18.3. The minimum atomic E-state index is -1.04. The van der Waals surface area contributed by atoms with Gasteiger partial charge in [0.1, 0.15) is 5.69 Å². The highest BCUT2D eigenvalue weighted by atomic mass is 16.5. The molecule has 0 radical (unpaired) electrons. The fourth-order valence-corrected chi connectivity index (χ4v) is 3.58. The SMILES string of the molecule is CCN(CC)C(=O)[C@H](OC(=O)c1ccc2c(c1)nc(C)c(=O)n2CC)c1ccccc1. The third-order valence-corrected chi connectivity index (χ3v) is 5.29. The first-order valence-electron chi connectivity index (χ1n) is 10.5. The third kappa shape index (κ3) is 4.50. The number of rotatable bonds is 7. The summed E-state index contributed by atoms with van der Waals surface area (Å²) in [6.45, 7) is 8.83. The number of hydrogen-bond donors (Lipinski definition) is 0. The summed E-state index contributed by atoms with van der Waals surface area (Å²) in [5.74, 6) is -0.885. The van der Waals surface area contributed by atoms with E-state index < -0.39 is 12.1 Å². The number of fused-ring (bicyclic) bond motifs is 1. The summed E-state index contributed by atoms with van der Waals surface area (Å²) in [5, 5.41) is 0. The smallest absolute Gasteiger partial charge is 0.339 e. The molecule has 0 aliphatic heterocycles. The van der Waals surface area contributed by atoms with Crippen molar-refractivity contribution in [3.05, 3.63) is 75.7 Å². The van der Waals surface area contributed by atoms with E-state index in [1.165, 1.54) is 0 Å². The van der Waals surface area contributed by atoms with Gasteiger partial charge < -0.3 is 14.2 Å². The summed E-state index contributed by atoms with van der Waals surface area (Å²) in [7, 11) is 0. The molecule has 7 nitrogen and oxygen atoms in total. The third-order valence-electron chi connectivity index (χ3n) is 5.29. The summed E-state index contributed by atoms with van der Waals surface area (Å²) in [5.41, 5.74) is 2.27. The maximum atomic E-state index is 13.0. The lowest BCUT2D eigenvalue weighted by Crippen LogP contribution is -2.36. The minimum Gasteiger partial charge on any atom is -0.444 e. The van der Waals surface area contributed by atoms with E-state index in [1.807, 2.05) is 26.8 Å². The van der Waals surface area contributed by atoms with Gasteiger partial charge in [-0.25, -0.2) is 9.78 Å². The molecule has 1 aromatic heterocycles. The number of carbonyl (C=O) groups is 2. The highest BCUT2D eigenvalue weighted by molar-refractivity contribution is 5.95. The molecule has 0 N–H and O–H groups in total. The summed E-state index contributed by atoms with van der Waals surface area (Å²) < 4.78 is 7.32. The zero-order valence-electron chi connectivity index (χ0n) is 18.3. The van der Waals surface area contributed by atoms with Gasteiger partial charge in [-0.1, -0.05) is 30.3 Å². The van der Waals surface area contributed by atoms with Crippen LogP contribution in [0.2, 0.25) is 0 Å². The van der Waals surface area contributed by atoms with Gasteiger partial charge in [0.05, 0.1) is 16.6 Å². The molecule has 0 bridgehead atoms. The van der Waals surface area contributed by atoms with E-state index in [-0.39, 0.29) is 17.0 Å². The van der Waals surface area contributed by atoms with E-state index in [2.05, 4.69) is 4.98 Å². The second kappa shape index (κ2) is 9.55. The van der Waals surface area contributed by atoms with Crippen molar-refractivity contribution in [2.45, 2.75) is 40.3 Å². The Kier molecular flexibility index (Phi) is 6.84. The first-order valence-corrected chi connectivity index (χ1v) is 10.5. The highest BCUT2D eigenvalue weighted by Crippen LogP contribution is 2.23. The van der Waals surface area contributed by atoms with Crippen LogP contribution in [0.15, 0.2) is 53.3 Å². The quantitative estimate of drug-likeness (QED) is 0.546. The van der Waals surface area contributed by atoms with Gasteiger partial charge in [0.15, 0.2) is 0 Å². The zero-order chi connectivity index (χ0) is 22.5. The molecule has 0 saturated heterocycles. The van der Waals surface area contributed by atoms with Crippen LogP contribution < -0.4 is 5.56 Å². The Balaban J connectivity index is 1.98. The molecule has 2 aromatic carbocycles. The number of aryl methyl sites for hydroxylation is 2. The largest absolute Gasteiger partial charge is 0.444 e. The van der Waals surface area contributed by atoms with Crippen LogP contribution in [0.5, 0.6) is 0 Å². The number of aromatic nitrogens is 2. The van der Waals surface area contributed by atoms with E-state index >= 15 is 0 Å². The van der Waals surface area contributed by atoms with E-state index in [0.29, 0.717) is 41.9 Å². The molecule has 0 spiro atoms. The summed E-state index contributed by atoms with van der Waals surface area (Å²) >= 11 is 0. The van der Waals surface area contributed by atoms with Crippen LogP contribution in [-0.4, -0.2) is 39.4 Å². The fourth-order valence-electron chi connectivity index (χ4n) is 3.58. The van der Waals surface area contributed by atoms with Crippen molar-refractivity contribution < 1.29 is 14.3 Å². The Morgan fingerprint density at radius 1 is 1.06 bits per heavy atom. The molecule has 0 aliphatic rings. The first-order chi connectivity index (χ1) is 14.9. The highest BCUT2D eigenvalue weighted by Gasteiger charge is 2.29. The molecule has 31 heavy (non-hydrogen) atoms. The molecular weight excluding hydrogens is 394 g/mol. The lowest BCUT2D eigenvalue weighted by molar-refractivity contribution is -0.140. The van der Waals surface area contributed by atoms with E-state index in [1.54, 1.807) is 58.9 Å². The number of likely N-dealkylation sites (N-methyl/N-ethyl adjacent to an activating group) is 1. The minimum absolute atomic E-state index is 0.153. The van der Waals surface area contributed by atoms with Crippen LogP contribution in [-0.2, 0) is 16.1 Å². The average molecular weight is 421 g/mol. The summed E-state index contributed by atoms with van der Waals surface area (Å²) in [6, 6.07) is 13.9. The Morgan fingerprint density at radius 2 is 1.74 bits per heavy atom. The standard InChI is InChI=1S/C24H27N3O4/c1-5-26(6-2)23(29)21(17-11-9-8-10-12-17)31-24(30)18-13-14-20-19(15-18)25-16(4)22(28)27(20)7-3/h8-15,21H,5-7H2,1-4H3/t21-/m1/s1. The number of hydrogen-bond acceptors (Lipinski definition) is 5. The Bertz CT molecular complexity index is 1150. The molecule has 0 fully saturated rings. The monoisotopic (exact) mass is 421 g/mol. The molecule has 162 valence electrons. The predicted octanol–water partition coefficient (Wildman–Crippen LogP) is 3.49. The molecule has 7 heteroatoms. The van der Waals surface area contributed by atoms with Gasteiger partial charge in [-0.3, -0.25) is 9.59 Å². The van der Waals surface area contributed by atoms with Crippen LogP contribution >= 0.6 is 0 Å². The second-order valence-electron chi connectivity index (χ2n) is 7.16.